The van der Waals surface area contributed by atoms with Gasteiger partial charge in [-0.1, -0.05) is 42.0 Å². The second-order valence-electron chi connectivity index (χ2n) is 12.4. The molecule has 4 heterocycles. The first kappa shape index (κ1) is 27.9. The van der Waals surface area contributed by atoms with Gasteiger partial charge in [0.15, 0.2) is 5.82 Å². The van der Waals surface area contributed by atoms with Crippen LogP contribution in [0.5, 0.6) is 11.5 Å². The quantitative estimate of drug-likeness (QED) is 0.196. The fourth-order valence-electron chi connectivity index (χ4n) is 6.98. The summed E-state index contributed by atoms with van der Waals surface area (Å²) in [5.41, 5.74) is 11.5. The van der Waals surface area contributed by atoms with Crippen LogP contribution in [-0.4, -0.2) is 21.2 Å². The molecule has 3 aromatic heterocycles. The first-order valence-corrected chi connectivity index (χ1v) is 15.7. The van der Waals surface area contributed by atoms with Crippen LogP contribution in [0, 0.1) is 34.6 Å². The van der Waals surface area contributed by atoms with Crippen molar-refractivity contribution in [1.82, 2.24) is 14.5 Å². The van der Waals surface area contributed by atoms with Crippen molar-refractivity contribution >= 4 is 44.7 Å². The van der Waals surface area contributed by atoms with E-state index in [2.05, 4.69) is 121 Å². The van der Waals surface area contributed by atoms with Crippen molar-refractivity contribution in [3.8, 4) is 17.3 Å². The standard InChI is InChI=1S/C40H35N5O/c1-25-12-15-33-34-16-14-32(23-37(34)45(36(33)21-25)38-11-6-7-18-41-38)46-31-10-8-9-30(22-31)43-24-44(35-17-13-29(5)42-40(35)43)39-27(3)19-26(2)20-28(39)4/h6-23H,24H2,1-5H3. The molecule has 6 nitrogen and oxygen atoms in total. The highest BCUT2D eigenvalue weighted by molar-refractivity contribution is 6.09. The third-order valence-corrected chi connectivity index (χ3v) is 8.87. The van der Waals surface area contributed by atoms with Crippen LogP contribution >= 0.6 is 0 Å². The first-order chi connectivity index (χ1) is 22.3. The Balaban J connectivity index is 1.18. The van der Waals surface area contributed by atoms with E-state index in [1.54, 1.807) is 0 Å². The molecule has 0 unspecified atom stereocenters. The van der Waals surface area contributed by atoms with Gasteiger partial charge in [-0.3, -0.25) is 4.57 Å². The summed E-state index contributed by atoms with van der Waals surface area (Å²) in [4.78, 5) is 14.4. The van der Waals surface area contributed by atoms with E-state index >= 15 is 0 Å². The van der Waals surface area contributed by atoms with Crippen LogP contribution in [0.25, 0.3) is 27.6 Å². The smallest absolute Gasteiger partial charge is 0.158 e. The normalized spacial score (nSPS) is 12.7. The molecule has 0 aliphatic carbocycles. The largest absolute Gasteiger partial charge is 0.457 e. The van der Waals surface area contributed by atoms with E-state index in [9.17, 15) is 0 Å². The average molecular weight is 602 g/mol. The zero-order chi connectivity index (χ0) is 31.5. The predicted octanol–water partition coefficient (Wildman–Crippen LogP) is 10.2. The molecule has 0 N–H and O–H groups in total. The van der Waals surface area contributed by atoms with Crippen LogP contribution in [0.3, 0.4) is 0 Å². The lowest BCUT2D eigenvalue weighted by molar-refractivity contribution is 0.483. The summed E-state index contributed by atoms with van der Waals surface area (Å²) in [5, 5.41) is 2.36. The highest BCUT2D eigenvalue weighted by Crippen LogP contribution is 2.46. The molecule has 0 atom stereocenters. The van der Waals surface area contributed by atoms with Crippen molar-refractivity contribution < 1.29 is 4.74 Å². The fraction of sp³-hybridized carbons (Fsp3) is 0.150. The average Bonchev–Trinajstić information content (AvgIpc) is 3.56. The maximum atomic E-state index is 6.58. The Morgan fingerprint density at radius 2 is 1.39 bits per heavy atom. The zero-order valence-electron chi connectivity index (χ0n) is 26.7. The molecule has 1 aliphatic rings. The number of fused-ring (bicyclic) bond motifs is 4. The fourth-order valence-corrected chi connectivity index (χ4v) is 6.98. The van der Waals surface area contributed by atoms with Crippen molar-refractivity contribution in [2.24, 2.45) is 0 Å². The molecule has 46 heavy (non-hydrogen) atoms. The van der Waals surface area contributed by atoms with Gasteiger partial charge in [-0.05, 0) is 106 Å². The van der Waals surface area contributed by atoms with E-state index in [-0.39, 0.29) is 0 Å². The van der Waals surface area contributed by atoms with Gasteiger partial charge in [0.1, 0.15) is 24.0 Å². The predicted molar refractivity (Wildman–Crippen MR) is 189 cm³/mol. The summed E-state index contributed by atoms with van der Waals surface area (Å²) < 4.78 is 8.80. The molecule has 0 saturated heterocycles. The van der Waals surface area contributed by atoms with Crippen LogP contribution in [-0.2, 0) is 0 Å². The maximum absolute atomic E-state index is 6.58. The van der Waals surface area contributed by atoms with E-state index < -0.39 is 0 Å². The minimum Gasteiger partial charge on any atom is -0.457 e. The summed E-state index contributed by atoms with van der Waals surface area (Å²) >= 11 is 0. The van der Waals surface area contributed by atoms with Gasteiger partial charge < -0.3 is 14.5 Å². The van der Waals surface area contributed by atoms with Gasteiger partial charge in [-0.15, -0.1) is 0 Å². The molecule has 4 aromatic carbocycles. The number of aromatic nitrogens is 3. The molecular formula is C40H35N5O. The van der Waals surface area contributed by atoms with Gasteiger partial charge in [0.05, 0.1) is 16.7 Å². The summed E-state index contributed by atoms with van der Waals surface area (Å²) in [6.07, 6.45) is 1.84. The lowest BCUT2D eigenvalue weighted by atomic mass is 10.0. The third-order valence-electron chi connectivity index (χ3n) is 8.87. The molecule has 0 fully saturated rings. The molecule has 7 aromatic rings. The number of benzene rings is 4. The number of aryl methyl sites for hydroxylation is 5. The van der Waals surface area contributed by atoms with Crippen LogP contribution < -0.4 is 14.5 Å². The van der Waals surface area contributed by atoms with Crippen molar-refractivity contribution in [2.45, 2.75) is 34.6 Å². The maximum Gasteiger partial charge on any atom is 0.158 e. The van der Waals surface area contributed by atoms with E-state index in [0.29, 0.717) is 6.67 Å². The molecule has 1 aliphatic heterocycles. The van der Waals surface area contributed by atoms with Crippen molar-refractivity contribution in [3.63, 3.8) is 0 Å². The number of pyridine rings is 2. The highest BCUT2D eigenvalue weighted by Gasteiger charge is 2.31. The SMILES string of the molecule is Cc1cc(C)c(N2CN(c3cccc(Oc4ccc5c6ccc(C)cc6n(-c6ccccn6)c5c4)c3)c3nc(C)ccc32)c(C)c1. The van der Waals surface area contributed by atoms with Crippen LogP contribution in [0.15, 0.2) is 109 Å². The monoisotopic (exact) mass is 601 g/mol. The van der Waals surface area contributed by atoms with Crippen molar-refractivity contribution in [3.05, 3.63) is 137 Å². The Morgan fingerprint density at radius 3 is 2.17 bits per heavy atom. The van der Waals surface area contributed by atoms with Gasteiger partial charge in [0, 0.05) is 46.2 Å². The minimum absolute atomic E-state index is 0.662. The van der Waals surface area contributed by atoms with Gasteiger partial charge in [-0.2, -0.15) is 0 Å². The van der Waals surface area contributed by atoms with Gasteiger partial charge in [0.25, 0.3) is 0 Å². The molecular weight excluding hydrogens is 566 g/mol. The van der Waals surface area contributed by atoms with Crippen molar-refractivity contribution in [2.75, 3.05) is 16.5 Å². The molecule has 226 valence electrons. The Labute approximate surface area is 269 Å². The molecule has 0 amide bonds. The highest BCUT2D eigenvalue weighted by atomic mass is 16.5. The number of anilines is 4. The minimum atomic E-state index is 0.662. The molecule has 6 heteroatoms. The lowest BCUT2D eigenvalue weighted by Crippen LogP contribution is -2.25. The van der Waals surface area contributed by atoms with Gasteiger partial charge in [-0.25, -0.2) is 9.97 Å². The molecule has 8 rings (SSSR count). The zero-order valence-corrected chi connectivity index (χ0v) is 26.7. The Kier molecular flexibility index (Phi) is 6.53. The summed E-state index contributed by atoms with van der Waals surface area (Å²) in [7, 11) is 0. The lowest BCUT2D eigenvalue weighted by Gasteiger charge is -2.25. The summed E-state index contributed by atoms with van der Waals surface area (Å²) in [5.74, 6) is 3.37. The number of ether oxygens (including phenoxy) is 1. The van der Waals surface area contributed by atoms with Gasteiger partial charge >= 0.3 is 0 Å². The van der Waals surface area contributed by atoms with Gasteiger partial charge in [0.2, 0.25) is 0 Å². The third kappa shape index (κ3) is 4.65. The van der Waals surface area contributed by atoms with E-state index in [1.807, 2.05) is 37.4 Å². The van der Waals surface area contributed by atoms with E-state index in [0.717, 1.165) is 51.2 Å². The van der Waals surface area contributed by atoms with E-state index in [4.69, 9.17) is 14.7 Å². The van der Waals surface area contributed by atoms with Crippen LogP contribution in [0.1, 0.15) is 27.9 Å². The Morgan fingerprint density at radius 1 is 0.630 bits per heavy atom. The second kappa shape index (κ2) is 10.8. The molecule has 0 saturated carbocycles. The molecule has 0 radical (unpaired) electrons. The Hall–Kier alpha value is -5.62. The second-order valence-corrected chi connectivity index (χ2v) is 12.4. The summed E-state index contributed by atoms with van der Waals surface area (Å²) in [6, 6.07) is 36.0. The Bertz CT molecular complexity index is 2270. The van der Waals surface area contributed by atoms with Crippen LogP contribution in [0.2, 0.25) is 0 Å². The number of hydrogen-bond acceptors (Lipinski definition) is 5. The number of hydrogen-bond donors (Lipinski definition) is 0. The number of rotatable bonds is 5. The summed E-state index contributed by atoms with van der Waals surface area (Å²) in [6.45, 7) is 11.4. The topological polar surface area (TPSA) is 46.4 Å². The number of nitrogens with zero attached hydrogens (tertiary/aromatic N) is 5. The van der Waals surface area contributed by atoms with E-state index in [1.165, 1.54) is 38.7 Å². The van der Waals surface area contributed by atoms with Crippen molar-refractivity contribution in [1.29, 1.82) is 0 Å². The molecule has 0 bridgehead atoms. The van der Waals surface area contributed by atoms with Crippen LogP contribution in [0.4, 0.5) is 22.9 Å². The first-order valence-electron chi connectivity index (χ1n) is 15.7. The molecule has 0 spiro atoms.